The van der Waals surface area contributed by atoms with Crippen molar-refractivity contribution in [2.45, 2.75) is 33.0 Å². The van der Waals surface area contributed by atoms with Crippen LogP contribution in [0, 0.1) is 5.92 Å². The summed E-state index contributed by atoms with van der Waals surface area (Å²) in [6.07, 6.45) is -1.71. The number of nitrogens with zero attached hydrogens (tertiary/aromatic N) is 1. The molecule has 1 aliphatic carbocycles. The van der Waals surface area contributed by atoms with E-state index in [2.05, 4.69) is 4.90 Å². The minimum absolute atomic E-state index is 0.0789. The van der Waals surface area contributed by atoms with E-state index in [4.69, 9.17) is 19.4 Å². The highest BCUT2D eigenvalue weighted by atomic mass is 16.5. The molecule has 1 saturated heterocycles. The predicted molar refractivity (Wildman–Crippen MR) is 90.7 cm³/mol. The molecular weight excluding hydrogens is 290 g/mol. The van der Waals surface area contributed by atoms with Crippen molar-refractivity contribution in [2.75, 3.05) is 26.2 Å². The molecular formula is C19H25NO3. The molecule has 1 fully saturated rings. The summed E-state index contributed by atoms with van der Waals surface area (Å²) in [6.45, 7) is -2.40. The number of aliphatic carboxylic acids is 1. The lowest BCUT2D eigenvalue weighted by Crippen LogP contribution is -2.50. The van der Waals surface area contributed by atoms with Crippen LogP contribution in [0.1, 0.15) is 47.3 Å². The van der Waals surface area contributed by atoms with E-state index in [0.29, 0.717) is 26.1 Å². The standard InChI is InChI=1S/C19H25NO3/c1-3-8-23-17-6-7-18-13(2)15(5-4-14(18)9-17)10-20-11-16(12-20)19(21)22/h6-7,9,16H,3-5,8,10-12H2,1-2H3,(H,21,22)/i1D3,3D2,8D2. The molecule has 0 saturated carbocycles. The van der Waals surface area contributed by atoms with Crippen LogP contribution in [0.3, 0.4) is 0 Å². The van der Waals surface area contributed by atoms with Gasteiger partial charge in [-0.15, -0.1) is 0 Å². The second-order valence-electron chi connectivity index (χ2n) is 6.11. The fraction of sp³-hybridized carbons (Fsp3) is 0.526. The minimum Gasteiger partial charge on any atom is -0.494 e. The quantitative estimate of drug-likeness (QED) is 0.874. The van der Waals surface area contributed by atoms with Gasteiger partial charge in [-0.25, -0.2) is 0 Å². The first-order chi connectivity index (χ1) is 13.7. The number of carboxylic acids is 1. The second-order valence-corrected chi connectivity index (χ2v) is 6.11. The van der Waals surface area contributed by atoms with Crippen LogP contribution in [-0.2, 0) is 11.2 Å². The Labute approximate surface area is 147 Å². The van der Waals surface area contributed by atoms with Gasteiger partial charge in [-0.05, 0) is 55.0 Å². The number of ether oxygens (including phenoxy) is 1. The van der Waals surface area contributed by atoms with Gasteiger partial charge in [-0.1, -0.05) is 18.5 Å². The maximum Gasteiger partial charge on any atom is 0.309 e. The van der Waals surface area contributed by atoms with E-state index >= 15 is 0 Å². The van der Waals surface area contributed by atoms with Crippen LogP contribution >= 0.6 is 0 Å². The second kappa shape index (κ2) is 6.75. The Hall–Kier alpha value is -1.81. The summed E-state index contributed by atoms with van der Waals surface area (Å²) in [4.78, 5) is 13.1. The summed E-state index contributed by atoms with van der Waals surface area (Å²) in [5.41, 5.74) is 4.22. The average Bonchev–Trinajstić information content (AvgIpc) is 2.57. The molecule has 1 aliphatic heterocycles. The van der Waals surface area contributed by atoms with E-state index in [-0.39, 0.29) is 11.7 Å². The van der Waals surface area contributed by atoms with Crippen molar-refractivity contribution in [1.29, 1.82) is 0 Å². The number of benzene rings is 1. The number of hydrogen-bond acceptors (Lipinski definition) is 3. The van der Waals surface area contributed by atoms with Crippen LogP contribution in [0.5, 0.6) is 5.75 Å². The molecule has 23 heavy (non-hydrogen) atoms. The molecule has 2 aliphatic rings. The summed E-state index contributed by atoms with van der Waals surface area (Å²) >= 11 is 0. The summed E-state index contributed by atoms with van der Waals surface area (Å²) in [5.74, 6) is -0.982. The van der Waals surface area contributed by atoms with Gasteiger partial charge in [0.1, 0.15) is 5.75 Å². The SMILES string of the molecule is [2H]C([2H])([2H])C([2H])([2H])C([2H])([2H])Oc1ccc2c(c1)CCC(CN1CC(C(=O)O)C1)=C2C. The number of likely N-dealkylation sites (tertiary alicyclic amines) is 1. The van der Waals surface area contributed by atoms with Gasteiger partial charge in [0.05, 0.1) is 15.2 Å². The van der Waals surface area contributed by atoms with Gasteiger partial charge in [0.15, 0.2) is 0 Å². The number of rotatable bonds is 6. The molecule has 3 rings (SSSR count). The average molecular weight is 322 g/mol. The third kappa shape index (κ3) is 3.42. The van der Waals surface area contributed by atoms with Gasteiger partial charge in [0, 0.05) is 26.5 Å². The first-order valence-electron chi connectivity index (χ1n) is 11.2. The van der Waals surface area contributed by atoms with E-state index in [1.54, 1.807) is 12.1 Å². The van der Waals surface area contributed by atoms with E-state index < -0.39 is 25.8 Å². The molecule has 1 aromatic carbocycles. The molecule has 0 bridgehead atoms. The molecule has 4 nitrogen and oxygen atoms in total. The topological polar surface area (TPSA) is 49.8 Å². The molecule has 1 heterocycles. The number of allylic oxidation sites excluding steroid dienone is 1. The molecule has 0 atom stereocenters. The van der Waals surface area contributed by atoms with Crippen molar-refractivity contribution in [3.8, 4) is 5.75 Å². The zero-order chi connectivity index (χ0) is 22.5. The Morgan fingerprint density at radius 1 is 1.48 bits per heavy atom. The van der Waals surface area contributed by atoms with Crippen LogP contribution in [0.15, 0.2) is 23.8 Å². The maximum atomic E-state index is 11.0. The van der Waals surface area contributed by atoms with E-state index in [1.165, 1.54) is 11.6 Å². The summed E-state index contributed by atoms with van der Waals surface area (Å²) in [5, 5.41) is 9.01. The number of hydrogen-bond donors (Lipinski definition) is 1. The Balaban J connectivity index is 1.75. The smallest absolute Gasteiger partial charge is 0.309 e. The van der Waals surface area contributed by atoms with Gasteiger partial charge in [-0.2, -0.15) is 0 Å². The van der Waals surface area contributed by atoms with Gasteiger partial charge in [0.25, 0.3) is 0 Å². The number of carbonyl (C=O) groups is 1. The third-order valence-corrected chi connectivity index (χ3v) is 4.65. The largest absolute Gasteiger partial charge is 0.494 e. The van der Waals surface area contributed by atoms with Crippen LogP contribution < -0.4 is 4.74 Å². The van der Waals surface area contributed by atoms with E-state index in [9.17, 15) is 4.79 Å². The lowest BCUT2D eigenvalue weighted by atomic mass is 9.85. The molecule has 0 radical (unpaired) electrons. The highest BCUT2D eigenvalue weighted by Crippen LogP contribution is 2.34. The van der Waals surface area contributed by atoms with Crippen LogP contribution in [0.2, 0.25) is 0 Å². The number of fused-ring (bicyclic) bond motifs is 1. The number of carboxylic acid groups (broad SMARTS) is 1. The summed E-state index contributed by atoms with van der Waals surface area (Å²) in [6, 6.07) is 4.92. The van der Waals surface area contributed by atoms with Gasteiger partial charge in [-0.3, -0.25) is 9.69 Å². The van der Waals surface area contributed by atoms with Crippen molar-refractivity contribution in [2.24, 2.45) is 5.92 Å². The molecule has 1 N–H and O–H groups in total. The molecule has 0 amide bonds. The van der Waals surface area contributed by atoms with Crippen LogP contribution in [0.25, 0.3) is 5.57 Å². The van der Waals surface area contributed by atoms with Gasteiger partial charge in [0.2, 0.25) is 0 Å². The monoisotopic (exact) mass is 322 g/mol. The first kappa shape index (κ1) is 9.48. The first-order valence-corrected chi connectivity index (χ1v) is 7.69. The van der Waals surface area contributed by atoms with Gasteiger partial charge < -0.3 is 9.84 Å². The van der Waals surface area contributed by atoms with E-state index in [1.807, 2.05) is 6.92 Å². The maximum absolute atomic E-state index is 11.0. The fourth-order valence-electron chi connectivity index (χ4n) is 3.28. The molecule has 0 spiro atoms. The minimum atomic E-state index is -3.18. The Morgan fingerprint density at radius 2 is 2.30 bits per heavy atom. The molecule has 1 aromatic rings. The Morgan fingerprint density at radius 3 is 3.04 bits per heavy atom. The summed E-state index contributed by atoms with van der Waals surface area (Å²) in [7, 11) is 0. The number of aryl methyl sites for hydroxylation is 1. The van der Waals surface area contributed by atoms with Crippen LogP contribution in [0.4, 0.5) is 0 Å². The predicted octanol–water partition coefficient (Wildman–Crippen LogP) is 3.21. The van der Waals surface area contributed by atoms with Crippen molar-refractivity contribution in [3.05, 3.63) is 34.9 Å². The molecule has 0 aromatic heterocycles. The fourth-order valence-corrected chi connectivity index (χ4v) is 3.28. The highest BCUT2D eigenvalue weighted by molar-refractivity contribution is 5.73. The molecule has 4 heteroatoms. The Bertz CT molecular complexity index is 873. The molecule has 124 valence electrons. The van der Waals surface area contributed by atoms with Gasteiger partial charge >= 0.3 is 5.97 Å². The van der Waals surface area contributed by atoms with Crippen molar-refractivity contribution < 1.29 is 24.2 Å². The normalized spacial score (nSPS) is 24.8. The highest BCUT2D eigenvalue weighted by Gasteiger charge is 2.33. The zero-order valence-corrected chi connectivity index (χ0v) is 13.1. The lowest BCUT2D eigenvalue weighted by Gasteiger charge is -2.38. The summed E-state index contributed by atoms with van der Waals surface area (Å²) < 4.78 is 58.0. The van der Waals surface area contributed by atoms with Crippen molar-refractivity contribution in [3.63, 3.8) is 0 Å². The Kier molecular flexibility index (Phi) is 2.78. The lowest BCUT2D eigenvalue weighted by molar-refractivity contribution is -0.147. The zero-order valence-electron chi connectivity index (χ0n) is 20.1. The third-order valence-electron chi connectivity index (χ3n) is 4.65. The van der Waals surface area contributed by atoms with Crippen molar-refractivity contribution in [1.82, 2.24) is 4.90 Å². The molecule has 0 unspecified atom stereocenters. The van der Waals surface area contributed by atoms with Crippen LogP contribution in [-0.4, -0.2) is 42.2 Å². The van der Waals surface area contributed by atoms with E-state index in [0.717, 1.165) is 23.1 Å². The van der Waals surface area contributed by atoms with Crippen molar-refractivity contribution >= 4 is 11.5 Å².